The highest BCUT2D eigenvalue weighted by Crippen LogP contribution is 2.16. The number of unbranched alkanes of at least 4 members (excludes halogenated alkanes) is 33. The molecular weight excluding hydrogens is 743 g/mol. The van der Waals surface area contributed by atoms with Gasteiger partial charge in [0.05, 0.1) is 25.4 Å². The largest absolute Gasteiger partial charge is 0.466 e. The Bertz CT molecular complexity index is 977. The van der Waals surface area contributed by atoms with Crippen LogP contribution in [0.2, 0.25) is 0 Å². The van der Waals surface area contributed by atoms with Crippen molar-refractivity contribution in [2.45, 2.75) is 283 Å². The zero-order chi connectivity index (χ0) is 43.7. The second kappa shape index (κ2) is 49.7. The number of esters is 1. The maximum atomic E-state index is 12.4. The van der Waals surface area contributed by atoms with Crippen molar-refractivity contribution >= 4 is 11.9 Å². The highest BCUT2D eigenvalue weighted by Gasteiger charge is 2.18. The number of carbonyl (C=O) groups excluding carboxylic acids is 2. The molecule has 2 unspecified atom stereocenters. The molecule has 352 valence electrons. The fourth-order valence-corrected chi connectivity index (χ4v) is 7.85. The average molecular weight is 844 g/mol. The maximum absolute atomic E-state index is 12.4. The fraction of sp³-hybridized carbons (Fsp3) is 0.852. The molecule has 0 radical (unpaired) electrons. The summed E-state index contributed by atoms with van der Waals surface area (Å²) >= 11 is 0. The molecule has 0 aromatic heterocycles. The molecule has 0 saturated heterocycles. The zero-order valence-electron chi connectivity index (χ0n) is 39.9. The highest BCUT2D eigenvalue weighted by molar-refractivity contribution is 5.76. The first-order valence-electron chi connectivity index (χ1n) is 26.3. The van der Waals surface area contributed by atoms with Crippen LogP contribution in [0.5, 0.6) is 0 Å². The lowest BCUT2D eigenvalue weighted by Gasteiger charge is -2.20. The van der Waals surface area contributed by atoms with Crippen molar-refractivity contribution in [1.29, 1.82) is 0 Å². The SMILES string of the molecule is CCC/C=C\C/C=C\CCCCCCCC(=O)OCCCCCCCCCCCCCCCCC(=O)NC(CO)C(O)/C=C/CCCCCCCCCCCCCCCC. The highest BCUT2D eigenvalue weighted by atomic mass is 16.5. The van der Waals surface area contributed by atoms with Gasteiger partial charge in [0.1, 0.15) is 0 Å². The fourth-order valence-electron chi connectivity index (χ4n) is 7.85. The second-order valence-corrected chi connectivity index (χ2v) is 17.9. The van der Waals surface area contributed by atoms with E-state index in [9.17, 15) is 19.8 Å². The first kappa shape index (κ1) is 58.1. The molecule has 0 spiro atoms. The molecule has 2 atom stereocenters. The summed E-state index contributed by atoms with van der Waals surface area (Å²) in [5, 5.41) is 23.1. The molecule has 0 aliphatic rings. The summed E-state index contributed by atoms with van der Waals surface area (Å²) in [6.07, 6.45) is 60.0. The van der Waals surface area contributed by atoms with Crippen LogP contribution in [0.1, 0.15) is 271 Å². The molecule has 0 heterocycles. The third kappa shape index (κ3) is 45.6. The Hall–Kier alpha value is -1.92. The Morgan fingerprint density at radius 1 is 0.467 bits per heavy atom. The van der Waals surface area contributed by atoms with Gasteiger partial charge in [-0.05, 0) is 57.8 Å². The molecule has 1 amide bonds. The number of hydrogen-bond donors (Lipinski definition) is 3. The van der Waals surface area contributed by atoms with Crippen molar-refractivity contribution in [1.82, 2.24) is 5.32 Å². The van der Waals surface area contributed by atoms with Gasteiger partial charge >= 0.3 is 5.97 Å². The molecule has 0 bridgehead atoms. The average Bonchev–Trinajstić information content (AvgIpc) is 3.25. The molecule has 0 aromatic rings. The van der Waals surface area contributed by atoms with E-state index in [2.05, 4.69) is 43.5 Å². The second-order valence-electron chi connectivity index (χ2n) is 17.9. The van der Waals surface area contributed by atoms with Crippen molar-refractivity contribution in [3.05, 3.63) is 36.5 Å². The standard InChI is InChI=1S/C54H101NO5/c1-3-5-7-9-11-13-15-17-18-19-23-26-30-34-38-42-46-52(57)51(50-56)55-53(58)47-43-39-35-31-27-24-20-21-25-29-33-37-41-45-49-60-54(59)48-44-40-36-32-28-22-16-14-12-10-8-6-4-2/h8,10,14,16,42,46,51-52,56-57H,3-7,9,11-13,15,17-41,43-45,47-50H2,1-2H3,(H,55,58)/b10-8-,16-14-,46-42+. The molecule has 6 heteroatoms. The van der Waals surface area contributed by atoms with E-state index in [4.69, 9.17) is 4.74 Å². The van der Waals surface area contributed by atoms with E-state index in [0.29, 0.717) is 19.4 Å². The van der Waals surface area contributed by atoms with Gasteiger partial charge in [-0.3, -0.25) is 9.59 Å². The van der Waals surface area contributed by atoms with Crippen LogP contribution in [0.3, 0.4) is 0 Å². The van der Waals surface area contributed by atoms with Gasteiger partial charge in [-0.2, -0.15) is 0 Å². The van der Waals surface area contributed by atoms with E-state index in [1.54, 1.807) is 6.08 Å². The van der Waals surface area contributed by atoms with Gasteiger partial charge in [-0.25, -0.2) is 0 Å². The smallest absolute Gasteiger partial charge is 0.305 e. The topological polar surface area (TPSA) is 95.9 Å². The van der Waals surface area contributed by atoms with Crippen molar-refractivity contribution in [3.8, 4) is 0 Å². The molecule has 0 rings (SSSR count). The molecule has 0 aliphatic carbocycles. The van der Waals surface area contributed by atoms with Crippen molar-refractivity contribution < 1.29 is 24.5 Å². The Labute approximate surface area is 373 Å². The molecule has 6 nitrogen and oxygen atoms in total. The van der Waals surface area contributed by atoms with Gasteiger partial charge in [-0.15, -0.1) is 0 Å². The molecule has 0 fully saturated rings. The van der Waals surface area contributed by atoms with Crippen LogP contribution in [-0.4, -0.2) is 47.4 Å². The predicted octanol–water partition coefficient (Wildman–Crippen LogP) is 15.7. The summed E-state index contributed by atoms with van der Waals surface area (Å²) in [4.78, 5) is 24.4. The van der Waals surface area contributed by atoms with Gasteiger partial charge in [0.2, 0.25) is 5.91 Å². The molecule has 60 heavy (non-hydrogen) atoms. The van der Waals surface area contributed by atoms with E-state index in [0.717, 1.165) is 70.6 Å². The van der Waals surface area contributed by atoms with Crippen LogP contribution in [0.15, 0.2) is 36.5 Å². The minimum Gasteiger partial charge on any atom is -0.466 e. The number of aliphatic hydroxyl groups is 2. The van der Waals surface area contributed by atoms with Crippen LogP contribution < -0.4 is 5.32 Å². The molecule has 0 saturated carbocycles. The van der Waals surface area contributed by atoms with Crippen LogP contribution in [0.25, 0.3) is 0 Å². The van der Waals surface area contributed by atoms with E-state index in [-0.39, 0.29) is 18.5 Å². The normalized spacial score (nSPS) is 12.9. The Morgan fingerprint density at radius 3 is 1.33 bits per heavy atom. The zero-order valence-corrected chi connectivity index (χ0v) is 39.9. The first-order chi connectivity index (χ1) is 29.5. The number of carbonyl (C=O) groups is 2. The lowest BCUT2D eigenvalue weighted by Crippen LogP contribution is -2.45. The van der Waals surface area contributed by atoms with E-state index >= 15 is 0 Å². The van der Waals surface area contributed by atoms with Gasteiger partial charge < -0.3 is 20.3 Å². The molecule has 0 aromatic carbocycles. The summed E-state index contributed by atoms with van der Waals surface area (Å²) < 4.78 is 5.45. The molecular formula is C54H101NO5. The lowest BCUT2D eigenvalue weighted by atomic mass is 10.0. The number of aliphatic hydroxyl groups excluding tert-OH is 2. The maximum Gasteiger partial charge on any atom is 0.305 e. The van der Waals surface area contributed by atoms with Gasteiger partial charge in [0.15, 0.2) is 0 Å². The number of nitrogens with one attached hydrogen (secondary N) is 1. The van der Waals surface area contributed by atoms with E-state index in [1.807, 2.05) is 6.08 Å². The summed E-state index contributed by atoms with van der Waals surface area (Å²) in [6, 6.07) is -0.636. The van der Waals surface area contributed by atoms with Gasteiger partial charge in [0, 0.05) is 12.8 Å². The number of hydrogen-bond acceptors (Lipinski definition) is 5. The third-order valence-electron chi connectivity index (χ3n) is 11.9. The van der Waals surface area contributed by atoms with Crippen molar-refractivity contribution in [2.24, 2.45) is 0 Å². The number of allylic oxidation sites excluding steroid dienone is 5. The summed E-state index contributed by atoms with van der Waals surface area (Å²) in [6.45, 7) is 4.81. The lowest BCUT2D eigenvalue weighted by molar-refractivity contribution is -0.143. The number of ether oxygens (including phenoxy) is 1. The van der Waals surface area contributed by atoms with Crippen molar-refractivity contribution in [3.63, 3.8) is 0 Å². The van der Waals surface area contributed by atoms with E-state index < -0.39 is 12.1 Å². The van der Waals surface area contributed by atoms with Crippen LogP contribution in [0.4, 0.5) is 0 Å². The van der Waals surface area contributed by atoms with Crippen molar-refractivity contribution in [2.75, 3.05) is 13.2 Å². The number of amides is 1. The van der Waals surface area contributed by atoms with Crippen LogP contribution in [-0.2, 0) is 14.3 Å². The summed E-state index contributed by atoms with van der Waals surface area (Å²) in [5.41, 5.74) is 0. The first-order valence-corrected chi connectivity index (χ1v) is 26.3. The van der Waals surface area contributed by atoms with Crippen LogP contribution >= 0.6 is 0 Å². The Morgan fingerprint density at radius 2 is 0.867 bits per heavy atom. The summed E-state index contributed by atoms with van der Waals surface area (Å²) in [5.74, 6) is -0.0982. The van der Waals surface area contributed by atoms with Crippen LogP contribution in [0, 0.1) is 0 Å². The van der Waals surface area contributed by atoms with Gasteiger partial charge in [-0.1, -0.05) is 237 Å². The minimum absolute atomic E-state index is 0.0192. The summed E-state index contributed by atoms with van der Waals surface area (Å²) in [7, 11) is 0. The number of rotatable bonds is 48. The Kier molecular flexibility index (Phi) is 48.1. The molecule has 3 N–H and O–H groups in total. The van der Waals surface area contributed by atoms with E-state index in [1.165, 1.54) is 173 Å². The minimum atomic E-state index is -0.852. The Balaban J connectivity index is 3.49. The van der Waals surface area contributed by atoms with Gasteiger partial charge in [0.25, 0.3) is 0 Å². The molecule has 0 aliphatic heterocycles. The monoisotopic (exact) mass is 844 g/mol. The third-order valence-corrected chi connectivity index (χ3v) is 11.9. The predicted molar refractivity (Wildman–Crippen MR) is 259 cm³/mol. The quantitative estimate of drug-likeness (QED) is 0.0322.